The van der Waals surface area contributed by atoms with E-state index in [2.05, 4.69) is 15.5 Å². The topological polar surface area (TPSA) is 86.5 Å². The lowest BCUT2D eigenvalue weighted by Crippen LogP contribution is -2.32. The molecule has 1 aliphatic heterocycles. The first-order valence-corrected chi connectivity index (χ1v) is 9.07. The van der Waals surface area contributed by atoms with Crippen molar-refractivity contribution < 1.29 is 18.8 Å². The Balaban J connectivity index is 1.34. The fraction of sp³-hybridized carbons (Fsp3) is 0.350. The fourth-order valence-electron chi connectivity index (χ4n) is 3.11. The van der Waals surface area contributed by atoms with Crippen LogP contribution in [-0.4, -0.2) is 35.8 Å². The van der Waals surface area contributed by atoms with Gasteiger partial charge in [0.05, 0.1) is 0 Å². The average molecular weight is 367 g/mol. The number of nitrogens with one attached hydrogen (secondary N) is 1. The van der Waals surface area contributed by atoms with E-state index in [1.165, 1.54) is 0 Å². The molecule has 140 valence electrons. The van der Waals surface area contributed by atoms with E-state index in [1.807, 2.05) is 30.3 Å². The summed E-state index contributed by atoms with van der Waals surface area (Å²) in [4.78, 5) is 16.6. The van der Waals surface area contributed by atoms with E-state index in [9.17, 15) is 4.79 Å². The third-order valence-corrected chi connectivity index (χ3v) is 4.65. The van der Waals surface area contributed by atoms with Gasteiger partial charge in [0, 0.05) is 37.4 Å². The lowest BCUT2D eigenvalue weighted by Gasteiger charge is -2.21. The number of fused-ring (bicyclic) bond motifs is 1. The summed E-state index contributed by atoms with van der Waals surface area (Å²) in [6.45, 7) is 2.32. The summed E-state index contributed by atoms with van der Waals surface area (Å²) in [5, 5.41) is 7.76. The Morgan fingerprint density at radius 2 is 2.07 bits per heavy atom. The summed E-state index contributed by atoms with van der Waals surface area (Å²) in [6.07, 6.45) is 3.67. The largest absolute Gasteiger partial charge is 0.483 e. The molecule has 1 fully saturated rings. The first kappa shape index (κ1) is 17.5. The van der Waals surface area contributed by atoms with Gasteiger partial charge in [0.15, 0.2) is 11.5 Å². The monoisotopic (exact) mass is 367 g/mol. The van der Waals surface area contributed by atoms with Crippen molar-refractivity contribution in [2.75, 3.05) is 19.8 Å². The molecule has 0 aliphatic carbocycles. The number of pyridine rings is 1. The molecule has 0 radical (unpaired) electrons. The molecule has 0 saturated carbocycles. The number of amides is 1. The van der Waals surface area contributed by atoms with Gasteiger partial charge in [-0.3, -0.25) is 9.78 Å². The average Bonchev–Trinajstić information content (AvgIpc) is 3.20. The van der Waals surface area contributed by atoms with Crippen LogP contribution in [0.3, 0.4) is 0 Å². The van der Waals surface area contributed by atoms with Crippen molar-refractivity contribution in [3.8, 4) is 5.75 Å². The number of nitrogens with zero attached hydrogens (tertiary/aromatic N) is 2. The number of rotatable bonds is 6. The summed E-state index contributed by atoms with van der Waals surface area (Å²) >= 11 is 0. The normalized spacial score (nSPS) is 15.0. The Bertz CT molecular complexity index is 913. The molecular formula is C20H21N3O4. The van der Waals surface area contributed by atoms with Crippen LogP contribution in [0.5, 0.6) is 5.75 Å². The molecule has 7 nitrogen and oxygen atoms in total. The number of carbonyl (C=O) groups excluding carboxylic acids is 1. The summed E-state index contributed by atoms with van der Waals surface area (Å²) in [6, 6.07) is 11.2. The number of benzene rings is 1. The second-order valence-corrected chi connectivity index (χ2v) is 6.56. The second kappa shape index (κ2) is 8.18. The van der Waals surface area contributed by atoms with Crippen LogP contribution in [0.2, 0.25) is 0 Å². The van der Waals surface area contributed by atoms with Gasteiger partial charge < -0.3 is 19.3 Å². The smallest absolute Gasteiger partial charge is 0.273 e. The molecule has 0 bridgehead atoms. The zero-order chi connectivity index (χ0) is 18.5. The highest BCUT2D eigenvalue weighted by atomic mass is 16.5. The maximum absolute atomic E-state index is 12.2. The zero-order valence-corrected chi connectivity index (χ0v) is 14.9. The molecule has 2 aromatic heterocycles. The predicted molar refractivity (Wildman–Crippen MR) is 98.5 cm³/mol. The number of hydrogen-bond acceptors (Lipinski definition) is 6. The first-order chi connectivity index (χ1) is 13.3. The number of carbonyl (C=O) groups is 1. The van der Waals surface area contributed by atoms with Crippen LogP contribution in [0.25, 0.3) is 10.9 Å². The molecule has 1 amide bonds. The lowest BCUT2D eigenvalue weighted by molar-refractivity contribution is 0.0641. The quantitative estimate of drug-likeness (QED) is 0.721. The maximum atomic E-state index is 12.2. The Morgan fingerprint density at radius 3 is 2.96 bits per heavy atom. The first-order valence-electron chi connectivity index (χ1n) is 9.07. The highest BCUT2D eigenvalue weighted by Gasteiger charge is 2.17. The molecule has 0 atom stereocenters. The number of ether oxygens (including phenoxy) is 2. The molecule has 0 unspecified atom stereocenters. The van der Waals surface area contributed by atoms with Crippen molar-refractivity contribution in [3.05, 3.63) is 54.0 Å². The molecule has 1 N–H and O–H groups in total. The number of hydrogen-bond donors (Lipinski definition) is 1. The van der Waals surface area contributed by atoms with Crippen LogP contribution in [0, 0.1) is 5.92 Å². The Labute approximate surface area is 156 Å². The summed E-state index contributed by atoms with van der Waals surface area (Å²) in [5.41, 5.74) is 1.05. The SMILES string of the molecule is O=C(NCC1CCOCC1)c1cc(COc2cccc3cccnc23)on1. The Hall–Kier alpha value is -2.93. The van der Waals surface area contributed by atoms with E-state index in [-0.39, 0.29) is 18.2 Å². The van der Waals surface area contributed by atoms with Gasteiger partial charge >= 0.3 is 0 Å². The molecule has 0 spiro atoms. The maximum Gasteiger partial charge on any atom is 0.273 e. The van der Waals surface area contributed by atoms with Gasteiger partial charge in [-0.05, 0) is 30.9 Å². The molecule has 1 saturated heterocycles. The standard InChI is InChI=1S/C20H21N3O4/c24-20(22-12-14-6-9-25-10-7-14)17-11-16(27-23-17)13-26-18-5-1-3-15-4-2-8-21-19(15)18/h1-5,8,11,14H,6-7,9-10,12-13H2,(H,22,24). The van der Waals surface area contributed by atoms with Gasteiger partial charge in [0.2, 0.25) is 0 Å². The van der Waals surface area contributed by atoms with Gasteiger partial charge in [-0.2, -0.15) is 0 Å². The van der Waals surface area contributed by atoms with E-state index in [0.717, 1.165) is 37.0 Å². The van der Waals surface area contributed by atoms with Crippen molar-refractivity contribution in [2.45, 2.75) is 19.4 Å². The minimum absolute atomic E-state index is 0.177. The molecule has 4 rings (SSSR count). The number of aromatic nitrogens is 2. The van der Waals surface area contributed by atoms with Gasteiger partial charge in [-0.25, -0.2) is 0 Å². The molecule has 27 heavy (non-hydrogen) atoms. The minimum atomic E-state index is -0.233. The van der Waals surface area contributed by atoms with E-state index < -0.39 is 0 Å². The summed E-state index contributed by atoms with van der Waals surface area (Å²) in [7, 11) is 0. The van der Waals surface area contributed by atoms with Crippen LogP contribution >= 0.6 is 0 Å². The molecular weight excluding hydrogens is 346 g/mol. The van der Waals surface area contributed by atoms with Gasteiger partial charge in [-0.15, -0.1) is 0 Å². The Morgan fingerprint density at radius 1 is 1.22 bits per heavy atom. The highest BCUT2D eigenvalue weighted by Crippen LogP contribution is 2.24. The minimum Gasteiger partial charge on any atom is -0.483 e. The van der Waals surface area contributed by atoms with Crippen LogP contribution in [0.15, 0.2) is 47.1 Å². The third kappa shape index (κ3) is 4.25. The second-order valence-electron chi connectivity index (χ2n) is 6.56. The van der Waals surface area contributed by atoms with Crippen molar-refractivity contribution in [1.82, 2.24) is 15.5 Å². The third-order valence-electron chi connectivity index (χ3n) is 4.65. The summed E-state index contributed by atoms with van der Waals surface area (Å²) in [5.74, 6) is 1.37. The van der Waals surface area contributed by atoms with Crippen LogP contribution < -0.4 is 10.1 Å². The fourth-order valence-corrected chi connectivity index (χ4v) is 3.11. The van der Waals surface area contributed by atoms with Crippen LogP contribution in [0.4, 0.5) is 0 Å². The van der Waals surface area contributed by atoms with Crippen LogP contribution in [0.1, 0.15) is 29.1 Å². The highest BCUT2D eigenvalue weighted by molar-refractivity contribution is 5.92. The van der Waals surface area contributed by atoms with Crippen molar-refractivity contribution >= 4 is 16.8 Å². The summed E-state index contributed by atoms with van der Waals surface area (Å²) < 4.78 is 16.4. The van der Waals surface area contributed by atoms with Crippen molar-refractivity contribution in [3.63, 3.8) is 0 Å². The number of para-hydroxylation sites is 1. The molecule has 1 aliphatic rings. The van der Waals surface area contributed by atoms with Gasteiger partial charge in [0.25, 0.3) is 5.91 Å². The van der Waals surface area contributed by atoms with Crippen molar-refractivity contribution in [2.24, 2.45) is 5.92 Å². The predicted octanol–water partition coefficient (Wildman–Crippen LogP) is 2.96. The van der Waals surface area contributed by atoms with Crippen LogP contribution in [-0.2, 0) is 11.3 Å². The van der Waals surface area contributed by atoms with E-state index >= 15 is 0 Å². The van der Waals surface area contributed by atoms with Crippen molar-refractivity contribution in [1.29, 1.82) is 0 Å². The molecule has 7 heteroatoms. The Kier molecular flexibility index (Phi) is 5.29. The van der Waals surface area contributed by atoms with Gasteiger partial charge in [0.1, 0.15) is 17.9 Å². The lowest BCUT2D eigenvalue weighted by atomic mass is 10.0. The zero-order valence-electron chi connectivity index (χ0n) is 14.9. The molecule has 3 heterocycles. The van der Waals surface area contributed by atoms with Gasteiger partial charge in [-0.1, -0.05) is 23.4 Å². The molecule has 1 aromatic carbocycles. The molecule has 3 aromatic rings. The van der Waals surface area contributed by atoms with E-state index in [0.29, 0.717) is 24.0 Å². The van der Waals surface area contributed by atoms with E-state index in [1.54, 1.807) is 12.3 Å². The van der Waals surface area contributed by atoms with E-state index in [4.69, 9.17) is 14.0 Å².